The Morgan fingerprint density at radius 3 is 2.42 bits per heavy atom. The minimum Gasteiger partial charge on any atom is -0.371 e. The first-order valence-corrected chi connectivity index (χ1v) is 14.7. The van der Waals surface area contributed by atoms with Crippen molar-refractivity contribution in [1.82, 2.24) is 9.80 Å². The van der Waals surface area contributed by atoms with Crippen LogP contribution in [-0.4, -0.2) is 80.1 Å². The highest BCUT2D eigenvalue weighted by molar-refractivity contribution is 6.22. The molecule has 0 aromatic heterocycles. The number of piperidine rings is 1. The predicted octanol–water partition coefficient (Wildman–Crippen LogP) is 4.50. The molecule has 2 aromatic rings. The summed E-state index contributed by atoms with van der Waals surface area (Å²) in [7, 11) is 1.76. The van der Waals surface area contributed by atoms with E-state index in [1.54, 1.807) is 19.5 Å². The molecule has 3 aliphatic rings. The van der Waals surface area contributed by atoms with E-state index in [0.717, 1.165) is 69.1 Å². The Labute approximate surface area is 237 Å². The van der Waals surface area contributed by atoms with E-state index < -0.39 is 0 Å². The van der Waals surface area contributed by atoms with E-state index in [-0.39, 0.29) is 17.9 Å². The fraction of sp³-hybridized carbons (Fsp3) is 0.500. The number of aldehydes is 1. The molecule has 2 saturated heterocycles. The smallest absolute Gasteiger partial charge is 0.261 e. The second-order valence-electron chi connectivity index (χ2n) is 11.6. The van der Waals surface area contributed by atoms with Gasteiger partial charge < -0.3 is 19.9 Å². The Hall–Kier alpha value is -3.52. The summed E-state index contributed by atoms with van der Waals surface area (Å²) < 4.78 is 0. The number of nitrogens with one attached hydrogen (secondary N) is 1. The van der Waals surface area contributed by atoms with E-state index in [0.29, 0.717) is 29.9 Å². The molecule has 40 heavy (non-hydrogen) atoms. The normalized spacial score (nSPS) is 20.9. The summed E-state index contributed by atoms with van der Waals surface area (Å²) in [6.45, 7) is 7.20. The zero-order valence-corrected chi connectivity index (χ0v) is 23.7. The second kappa shape index (κ2) is 12.8. The lowest BCUT2D eigenvalue weighted by atomic mass is 9.89. The Bertz CT molecular complexity index is 1240. The van der Waals surface area contributed by atoms with Crippen LogP contribution in [0.1, 0.15) is 65.3 Å². The van der Waals surface area contributed by atoms with E-state index in [9.17, 15) is 14.4 Å². The molecule has 2 unspecified atom stereocenters. The molecule has 2 aromatic carbocycles. The van der Waals surface area contributed by atoms with Crippen molar-refractivity contribution in [2.75, 3.05) is 50.0 Å². The van der Waals surface area contributed by atoms with Gasteiger partial charge in [0, 0.05) is 50.5 Å². The van der Waals surface area contributed by atoms with E-state index >= 15 is 0 Å². The minimum absolute atomic E-state index is 0.238. The van der Waals surface area contributed by atoms with Crippen molar-refractivity contribution in [3.8, 4) is 0 Å². The van der Waals surface area contributed by atoms with Gasteiger partial charge in [-0.05, 0) is 99.8 Å². The van der Waals surface area contributed by atoms with E-state index in [1.807, 2.05) is 19.1 Å². The molecule has 3 heterocycles. The van der Waals surface area contributed by atoms with Crippen molar-refractivity contribution in [3.05, 3.63) is 59.2 Å². The third kappa shape index (κ3) is 6.28. The number of benzene rings is 2. The summed E-state index contributed by atoms with van der Waals surface area (Å²) in [6.07, 6.45) is 8.13. The average molecular weight is 544 g/mol. The second-order valence-corrected chi connectivity index (χ2v) is 11.6. The highest BCUT2D eigenvalue weighted by Gasteiger charge is 2.39. The largest absolute Gasteiger partial charge is 0.371 e. The van der Waals surface area contributed by atoms with Crippen LogP contribution in [0.4, 0.5) is 11.4 Å². The summed E-state index contributed by atoms with van der Waals surface area (Å²) in [4.78, 5) is 47.0. The van der Waals surface area contributed by atoms with E-state index in [4.69, 9.17) is 0 Å². The number of rotatable bonds is 11. The molecule has 0 saturated carbocycles. The number of carbonyl (C=O) groups excluding carboxylic acids is 3. The Balaban J connectivity index is 1.10. The van der Waals surface area contributed by atoms with Gasteiger partial charge in [0.2, 0.25) is 0 Å². The number of amides is 2. The molecule has 0 aliphatic carbocycles. The van der Waals surface area contributed by atoms with Crippen LogP contribution in [0.15, 0.2) is 47.5 Å². The molecule has 8 nitrogen and oxygen atoms in total. The van der Waals surface area contributed by atoms with Gasteiger partial charge >= 0.3 is 0 Å². The van der Waals surface area contributed by atoms with Gasteiger partial charge in [0.1, 0.15) is 6.29 Å². The zero-order valence-electron chi connectivity index (χ0n) is 23.7. The monoisotopic (exact) mass is 543 g/mol. The highest BCUT2D eigenvalue weighted by atomic mass is 16.2. The maximum atomic E-state index is 13.1. The number of carbonyl (C=O) groups is 3. The van der Waals surface area contributed by atoms with Gasteiger partial charge in [0.15, 0.2) is 0 Å². The van der Waals surface area contributed by atoms with Gasteiger partial charge in [-0.1, -0.05) is 12.1 Å². The van der Waals surface area contributed by atoms with Gasteiger partial charge in [-0.15, -0.1) is 0 Å². The van der Waals surface area contributed by atoms with Crippen LogP contribution in [0.3, 0.4) is 0 Å². The number of anilines is 2. The van der Waals surface area contributed by atoms with Crippen LogP contribution < -0.4 is 10.2 Å². The van der Waals surface area contributed by atoms with Gasteiger partial charge in [0.05, 0.1) is 17.5 Å². The molecule has 8 heteroatoms. The lowest BCUT2D eigenvalue weighted by molar-refractivity contribution is -0.108. The van der Waals surface area contributed by atoms with Crippen LogP contribution in [0.2, 0.25) is 0 Å². The van der Waals surface area contributed by atoms with Crippen molar-refractivity contribution in [2.24, 2.45) is 16.8 Å². The van der Waals surface area contributed by atoms with Crippen molar-refractivity contribution in [3.63, 3.8) is 0 Å². The number of nitrogens with zero attached hydrogens (tertiary/aromatic N) is 4. The van der Waals surface area contributed by atoms with Gasteiger partial charge in [0.25, 0.3) is 11.8 Å². The fourth-order valence-electron chi connectivity index (χ4n) is 6.45. The first-order valence-electron chi connectivity index (χ1n) is 14.7. The lowest BCUT2D eigenvalue weighted by Gasteiger charge is -2.33. The van der Waals surface area contributed by atoms with E-state index in [1.165, 1.54) is 23.3 Å². The number of imide groups is 1. The van der Waals surface area contributed by atoms with Gasteiger partial charge in [-0.3, -0.25) is 19.5 Å². The van der Waals surface area contributed by atoms with Crippen molar-refractivity contribution < 1.29 is 14.4 Å². The average Bonchev–Trinajstić information content (AvgIpc) is 3.54. The molecular weight excluding hydrogens is 502 g/mol. The van der Waals surface area contributed by atoms with Crippen molar-refractivity contribution in [2.45, 2.75) is 51.5 Å². The number of fused-ring (bicyclic) bond motifs is 1. The number of likely N-dealkylation sites (tertiary alicyclic amines) is 1. The molecule has 1 N–H and O–H groups in total. The summed E-state index contributed by atoms with van der Waals surface area (Å²) in [6, 6.07) is 14.1. The standard InChI is InChI=1S/C32H41N5O3/c1-23(4-3-17-38)37-31(39)29-10-9-28(19-30(29)32(37)40)36-16-13-26(21-36)20-35-14-11-25(12-15-35)18-24-5-7-27(8-6-24)34-22-33-2/h5-10,17,19,22-23,25-26H,3-4,11-16,18,20-21H2,1-2H3,(H,33,34). The predicted molar refractivity (Wildman–Crippen MR) is 159 cm³/mol. The minimum atomic E-state index is -0.287. The van der Waals surface area contributed by atoms with Crippen molar-refractivity contribution >= 4 is 35.8 Å². The van der Waals surface area contributed by atoms with Gasteiger partial charge in [-0.25, -0.2) is 0 Å². The number of hydrogen-bond donors (Lipinski definition) is 1. The molecule has 5 rings (SSSR count). The quantitative estimate of drug-likeness (QED) is 0.194. The lowest BCUT2D eigenvalue weighted by Crippen LogP contribution is -2.38. The van der Waals surface area contributed by atoms with Crippen LogP contribution in [0.5, 0.6) is 0 Å². The third-order valence-electron chi connectivity index (χ3n) is 8.76. The topological polar surface area (TPSA) is 85.3 Å². The molecule has 0 radical (unpaired) electrons. The summed E-state index contributed by atoms with van der Waals surface area (Å²) in [5, 5.41) is 3.16. The third-order valence-corrected chi connectivity index (χ3v) is 8.76. The number of hydrogen-bond acceptors (Lipinski definition) is 6. The molecule has 2 fully saturated rings. The van der Waals surface area contributed by atoms with Crippen LogP contribution in [0.25, 0.3) is 0 Å². The van der Waals surface area contributed by atoms with Crippen LogP contribution in [0, 0.1) is 11.8 Å². The molecule has 0 spiro atoms. The molecule has 2 amide bonds. The Morgan fingerprint density at radius 1 is 0.975 bits per heavy atom. The summed E-state index contributed by atoms with van der Waals surface area (Å²) in [5.74, 6) is 0.856. The fourth-order valence-corrected chi connectivity index (χ4v) is 6.45. The van der Waals surface area contributed by atoms with Crippen LogP contribution >= 0.6 is 0 Å². The molecule has 212 valence electrons. The molecule has 3 aliphatic heterocycles. The maximum Gasteiger partial charge on any atom is 0.261 e. The van der Waals surface area contributed by atoms with Gasteiger partial charge in [-0.2, -0.15) is 0 Å². The zero-order chi connectivity index (χ0) is 28.1. The Kier molecular flexibility index (Phi) is 8.94. The maximum absolute atomic E-state index is 13.1. The SMILES string of the molecule is C/N=C/Nc1ccc(CC2CCN(CC3CCN(c4ccc5c(c4)C(=O)N(C(C)CCC=O)C5=O)C3)CC2)cc1. The summed E-state index contributed by atoms with van der Waals surface area (Å²) >= 11 is 0. The molecule has 0 bridgehead atoms. The first kappa shape index (κ1) is 28.0. The van der Waals surface area contributed by atoms with Crippen molar-refractivity contribution in [1.29, 1.82) is 0 Å². The molecule has 2 atom stereocenters. The van der Waals surface area contributed by atoms with Crippen LogP contribution in [-0.2, 0) is 11.2 Å². The highest BCUT2D eigenvalue weighted by Crippen LogP contribution is 2.32. The molecular formula is C32H41N5O3. The summed E-state index contributed by atoms with van der Waals surface area (Å²) in [5.41, 5.74) is 4.46. The first-order chi connectivity index (χ1) is 19.5. The Morgan fingerprint density at radius 2 is 1.70 bits per heavy atom. The number of aliphatic imine (C=N–C) groups is 1. The van der Waals surface area contributed by atoms with E-state index in [2.05, 4.69) is 44.4 Å².